The molecule has 0 radical (unpaired) electrons. The number of para-hydroxylation sites is 1. The molecular weight excluding hydrogens is 250 g/mol. The van der Waals surface area contributed by atoms with Crippen molar-refractivity contribution in [2.75, 3.05) is 0 Å². The summed E-state index contributed by atoms with van der Waals surface area (Å²) in [6, 6.07) is 7.76. The molecule has 2 N–H and O–H groups in total. The molecule has 0 aliphatic carbocycles. The SMILES string of the molecule is Cc1ccccc1-n1nnnc1SC(C)C(N)=O. The number of nitrogens with two attached hydrogens (primary N) is 1. The van der Waals surface area contributed by atoms with Crippen molar-refractivity contribution in [3.63, 3.8) is 0 Å². The van der Waals surface area contributed by atoms with Crippen LogP contribution in [0.15, 0.2) is 29.4 Å². The molecule has 1 aromatic carbocycles. The van der Waals surface area contributed by atoms with Gasteiger partial charge in [0, 0.05) is 0 Å². The Bertz CT molecular complexity index is 568. The molecule has 1 amide bonds. The van der Waals surface area contributed by atoms with E-state index in [9.17, 15) is 4.79 Å². The van der Waals surface area contributed by atoms with Crippen molar-refractivity contribution >= 4 is 17.7 Å². The van der Waals surface area contributed by atoms with Crippen molar-refractivity contribution in [3.8, 4) is 5.69 Å². The minimum atomic E-state index is -0.390. The predicted molar refractivity (Wildman–Crippen MR) is 68.4 cm³/mol. The van der Waals surface area contributed by atoms with E-state index in [0.717, 1.165) is 11.3 Å². The quantitative estimate of drug-likeness (QED) is 0.829. The van der Waals surface area contributed by atoms with Gasteiger partial charge in [-0.1, -0.05) is 30.0 Å². The number of hydrogen-bond donors (Lipinski definition) is 1. The zero-order valence-electron chi connectivity index (χ0n) is 10.1. The highest BCUT2D eigenvalue weighted by molar-refractivity contribution is 8.00. The summed E-state index contributed by atoms with van der Waals surface area (Å²) in [6.07, 6.45) is 0. The van der Waals surface area contributed by atoms with E-state index < -0.39 is 0 Å². The number of carbonyl (C=O) groups is 1. The van der Waals surface area contributed by atoms with Gasteiger partial charge in [-0.05, 0) is 35.9 Å². The first-order valence-corrected chi connectivity index (χ1v) is 6.28. The van der Waals surface area contributed by atoms with E-state index >= 15 is 0 Å². The topological polar surface area (TPSA) is 86.7 Å². The molecule has 6 nitrogen and oxygen atoms in total. The second-order valence-electron chi connectivity index (χ2n) is 3.82. The molecule has 0 aliphatic heterocycles. The summed E-state index contributed by atoms with van der Waals surface area (Å²) < 4.78 is 1.61. The van der Waals surface area contributed by atoms with Crippen molar-refractivity contribution in [1.29, 1.82) is 0 Å². The van der Waals surface area contributed by atoms with Crippen LogP contribution in [0.1, 0.15) is 12.5 Å². The average Bonchev–Trinajstić information content (AvgIpc) is 2.77. The monoisotopic (exact) mass is 263 g/mol. The Labute approximate surface area is 109 Å². The van der Waals surface area contributed by atoms with Crippen LogP contribution < -0.4 is 5.73 Å². The molecular formula is C11H13N5OS. The van der Waals surface area contributed by atoms with Crippen molar-refractivity contribution in [2.45, 2.75) is 24.3 Å². The fourth-order valence-corrected chi connectivity index (χ4v) is 2.17. The van der Waals surface area contributed by atoms with Crippen LogP contribution in [0.25, 0.3) is 5.69 Å². The van der Waals surface area contributed by atoms with Crippen LogP contribution in [0, 0.1) is 6.92 Å². The normalized spacial score (nSPS) is 12.3. The summed E-state index contributed by atoms with van der Waals surface area (Å²) in [7, 11) is 0. The number of primary amides is 1. The molecule has 1 aromatic heterocycles. The molecule has 0 bridgehead atoms. The van der Waals surface area contributed by atoms with Crippen molar-refractivity contribution < 1.29 is 4.79 Å². The van der Waals surface area contributed by atoms with Gasteiger partial charge in [-0.15, -0.1) is 5.10 Å². The summed E-state index contributed by atoms with van der Waals surface area (Å²) in [5.41, 5.74) is 7.18. The zero-order chi connectivity index (χ0) is 13.1. The molecule has 0 aliphatic rings. The molecule has 0 saturated heterocycles. The number of hydrogen-bond acceptors (Lipinski definition) is 5. The van der Waals surface area contributed by atoms with Crippen LogP contribution in [0.2, 0.25) is 0 Å². The Morgan fingerprint density at radius 3 is 2.83 bits per heavy atom. The summed E-state index contributed by atoms with van der Waals surface area (Å²) in [4.78, 5) is 11.1. The number of benzene rings is 1. The Morgan fingerprint density at radius 1 is 1.44 bits per heavy atom. The first-order valence-electron chi connectivity index (χ1n) is 5.40. The largest absolute Gasteiger partial charge is 0.369 e. The molecule has 0 spiro atoms. The molecule has 0 fully saturated rings. The number of carbonyl (C=O) groups excluding carboxylic acids is 1. The smallest absolute Gasteiger partial charge is 0.230 e. The standard InChI is InChI=1S/C11H13N5OS/c1-7-5-3-4-6-9(7)16-11(13-14-15-16)18-8(2)10(12)17/h3-6,8H,1-2H3,(H2,12,17). The van der Waals surface area contributed by atoms with Crippen LogP contribution >= 0.6 is 11.8 Å². The first kappa shape index (κ1) is 12.6. The highest BCUT2D eigenvalue weighted by atomic mass is 32.2. The molecule has 7 heteroatoms. The van der Waals surface area contributed by atoms with E-state index in [-0.39, 0.29) is 11.2 Å². The minimum absolute atomic E-state index is 0.376. The van der Waals surface area contributed by atoms with Gasteiger partial charge in [-0.2, -0.15) is 4.68 Å². The van der Waals surface area contributed by atoms with E-state index in [0.29, 0.717) is 5.16 Å². The number of aromatic nitrogens is 4. The first-order chi connectivity index (χ1) is 8.59. The summed E-state index contributed by atoms with van der Waals surface area (Å²) in [5.74, 6) is -0.390. The number of tetrazole rings is 1. The number of nitrogens with zero attached hydrogens (tertiary/aromatic N) is 4. The number of amides is 1. The lowest BCUT2D eigenvalue weighted by Crippen LogP contribution is -2.23. The molecule has 1 unspecified atom stereocenters. The molecule has 18 heavy (non-hydrogen) atoms. The van der Waals surface area contributed by atoms with Gasteiger partial charge in [0.05, 0.1) is 10.9 Å². The third-order valence-electron chi connectivity index (χ3n) is 2.47. The van der Waals surface area contributed by atoms with Gasteiger partial charge < -0.3 is 5.73 Å². The van der Waals surface area contributed by atoms with Gasteiger partial charge >= 0.3 is 0 Å². The number of aryl methyl sites for hydroxylation is 1. The number of rotatable bonds is 4. The molecule has 1 heterocycles. The summed E-state index contributed by atoms with van der Waals surface area (Å²) >= 11 is 1.24. The molecule has 0 saturated carbocycles. The predicted octanol–water partition coefficient (Wildman–Crippen LogP) is 0.937. The average molecular weight is 263 g/mol. The van der Waals surface area contributed by atoms with E-state index in [1.54, 1.807) is 11.6 Å². The highest BCUT2D eigenvalue weighted by Crippen LogP contribution is 2.23. The molecule has 2 aromatic rings. The maximum atomic E-state index is 11.1. The second kappa shape index (κ2) is 5.18. The lowest BCUT2D eigenvalue weighted by atomic mass is 10.2. The third-order valence-corrected chi connectivity index (χ3v) is 3.52. The van der Waals surface area contributed by atoms with Crippen molar-refractivity contribution in [2.24, 2.45) is 5.73 Å². The fraction of sp³-hybridized carbons (Fsp3) is 0.273. The number of thioether (sulfide) groups is 1. The van der Waals surface area contributed by atoms with E-state index in [1.165, 1.54) is 11.8 Å². The molecule has 1 atom stereocenters. The third kappa shape index (κ3) is 2.51. The molecule has 2 rings (SSSR count). The lowest BCUT2D eigenvalue weighted by molar-refractivity contribution is -0.117. The van der Waals surface area contributed by atoms with Gasteiger partial charge in [0.1, 0.15) is 0 Å². The van der Waals surface area contributed by atoms with Crippen molar-refractivity contribution in [3.05, 3.63) is 29.8 Å². The van der Waals surface area contributed by atoms with Crippen molar-refractivity contribution in [1.82, 2.24) is 20.2 Å². The van der Waals surface area contributed by atoms with Crippen LogP contribution in [0.4, 0.5) is 0 Å². The van der Waals surface area contributed by atoms with Crippen LogP contribution in [-0.4, -0.2) is 31.4 Å². The van der Waals surface area contributed by atoms with Gasteiger partial charge in [-0.3, -0.25) is 4.79 Å². The Kier molecular flexibility index (Phi) is 3.61. The van der Waals surface area contributed by atoms with Gasteiger partial charge in [-0.25, -0.2) is 0 Å². The van der Waals surface area contributed by atoms with E-state index in [1.807, 2.05) is 31.2 Å². The van der Waals surface area contributed by atoms with Crippen LogP contribution in [0.5, 0.6) is 0 Å². The summed E-state index contributed by atoms with van der Waals surface area (Å²) in [6.45, 7) is 3.70. The van der Waals surface area contributed by atoms with Gasteiger partial charge in [0.2, 0.25) is 11.1 Å². The van der Waals surface area contributed by atoms with Gasteiger partial charge in [0.25, 0.3) is 0 Å². The maximum absolute atomic E-state index is 11.1. The zero-order valence-corrected chi connectivity index (χ0v) is 10.9. The highest BCUT2D eigenvalue weighted by Gasteiger charge is 2.17. The van der Waals surface area contributed by atoms with E-state index in [2.05, 4.69) is 15.5 Å². The van der Waals surface area contributed by atoms with E-state index in [4.69, 9.17) is 5.73 Å². The Morgan fingerprint density at radius 2 is 2.17 bits per heavy atom. The van der Waals surface area contributed by atoms with Crippen LogP contribution in [0.3, 0.4) is 0 Å². The lowest BCUT2D eigenvalue weighted by Gasteiger charge is -2.09. The van der Waals surface area contributed by atoms with Gasteiger partial charge in [0.15, 0.2) is 0 Å². The second-order valence-corrected chi connectivity index (χ2v) is 5.13. The Hall–Kier alpha value is -1.89. The minimum Gasteiger partial charge on any atom is -0.369 e. The van der Waals surface area contributed by atoms with Crippen LogP contribution in [-0.2, 0) is 4.79 Å². The maximum Gasteiger partial charge on any atom is 0.230 e. The Balaban J connectivity index is 2.34. The fourth-order valence-electron chi connectivity index (χ4n) is 1.42. The summed E-state index contributed by atoms with van der Waals surface area (Å²) in [5, 5.41) is 11.7. The molecule has 94 valence electrons.